The zero-order valence-electron chi connectivity index (χ0n) is 15.6. The van der Waals surface area contributed by atoms with Crippen LogP contribution in [-0.2, 0) is 9.59 Å². The second kappa shape index (κ2) is 9.14. The van der Waals surface area contributed by atoms with Crippen LogP contribution in [0.4, 0.5) is 11.4 Å². The number of nitrogens with one attached hydrogen (secondary N) is 2. The summed E-state index contributed by atoms with van der Waals surface area (Å²) in [5.41, 5.74) is 4.35. The first-order chi connectivity index (χ1) is 13.5. The van der Waals surface area contributed by atoms with Gasteiger partial charge in [0.1, 0.15) is 5.03 Å². The summed E-state index contributed by atoms with van der Waals surface area (Å²) in [6.45, 7) is 3.49. The van der Waals surface area contributed by atoms with Crippen LogP contribution in [0.15, 0.2) is 65.7 Å². The molecule has 0 saturated carbocycles. The van der Waals surface area contributed by atoms with E-state index in [1.165, 1.54) is 24.2 Å². The molecule has 0 aliphatic carbocycles. The minimum absolute atomic E-state index is 0.136. The minimum Gasteiger partial charge on any atom is -0.326 e. The van der Waals surface area contributed by atoms with Gasteiger partial charge in [-0.15, -0.1) is 10.2 Å². The van der Waals surface area contributed by atoms with Crippen LogP contribution < -0.4 is 10.6 Å². The van der Waals surface area contributed by atoms with E-state index >= 15 is 0 Å². The standard InChI is InChI=1S/C21H20N4O2S/c1-14-3-5-16(6-4-14)19-11-12-21(25-24-19)28-13-20(27)23-18-9-7-17(8-10-18)22-15(2)26/h3-12H,13H2,1-2H3,(H,22,26)(H,23,27). The van der Waals surface area contributed by atoms with Crippen LogP contribution in [0.3, 0.4) is 0 Å². The normalized spacial score (nSPS) is 10.4. The lowest BCUT2D eigenvalue weighted by atomic mass is 10.1. The first-order valence-corrected chi connectivity index (χ1v) is 9.69. The summed E-state index contributed by atoms with van der Waals surface area (Å²) in [6.07, 6.45) is 0. The van der Waals surface area contributed by atoms with Crippen molar-refractivity contribution >= 4 is 35.0 Å². The fraction of sp³-hybridized carbons (Fsp3) is 0.143. The lowest BCUT2D eigenvalue weighted by Gasteiger charge is -2.07. The average Bonchev–Trinajstić information content (AvgIpc) is 2.69. The van der Waals surface area contributed by atoms with E-state index in [1.54, 1.807) is 24.3 Å². The molecule has 7 heteroatoms. The predicted molar refractivity (Wildman–Crippen MR) is 112 cm³/mol. The van der Waals surface area contributed by atoms with Crippen molar-refractivity contribution in [3.63, 3.8) is 0 Å². The number of nitrogens with zero attached hydrogens (tertiary/aromatic N) is 2. The number of carbonyl (C=O) groups is 2. The first kappa shape index (κ1) is 19.6. The Morgan fingerprint density at radius 2 is 1.50 bits per heavy atom. The number of rotatable bonds is 6. The highest BCUT2D eigenvalue weighted by molar-refractivity contribution is 7.99. The van der Waals surface area contributed by atoms with Crippen LogP contribution >= 0.6 is 11.8 Å². The molecule has 6 nitrogen and oxygen atoms in total. The van der Waals surface area contributed by atoms with Gasteiger partial charge in [0.15, 0.2) is 0 Å². The van der Waals surface area contributed by atoms with E-state index in [0.717, 1.165) is 11.3 Å². The molecule has 0 unspecified atom stereocenters. The third-order valence-corrected chi connectivity index (χ3v) is 4.75. The Labute approximate surface area is 167 Å². The van der Waals surface area contributed by atoms with Crippen molar-refractivity contribution in [3.8, 4) is 11.3 Å². The summed E-state index contributed by atoms with van der Waals surface area (Å²) >= 11 is 1.32. The quantitative estimate of drug-likeness (QED) is 0.616. The monoisotopic (exact) mass is 392 g/mol. The van der Waals surface area contributed by atoms with E-state index in [1.807, 2.05) is 43.3 Å². The number of carbonyl (C=O) groups excluding carboxylic acids is 2. The summed E-state index contributed by atoms with van der Waals surface area (Å²) in [4.78, 5) is 23.1. The molecular formula is C21H20N4O2S. The number of hydrogen-bond acceptors (Lipinski definition) is 5. The lowest BCUT2D eigenvalue weighted by Crippen LogP contribution is -2.14. The molecule has 0 atom stereocenters. The van der Waals surface area contributed by atoms with Crippen molar-refractivity contribution in [2.45, 2.75) is 18.9 Å². The van der Waals surface area contributed by atoms with Gasteiger partial charge >= 0.3 is 0 Å². The van der Waals surface area contributed by atoms with E-state index in [-0.39, 0.29) is 17.6 Å². The van der Waals surface area contributed by atoms with Crippen molar-refractivity contribution in [1.82, 2.24) is 10.2 Å². The number of thioether (sulfide) groups is 1. The highest BCUT2D eigenvalue weighted by Crippen LogP contribution is 2.21. The molecule has 0 fully saturated rings. The van der Waals surface area contributed by atoms with E-state index in [0.29, 0.717) is 16.4 Å². The third kappa shape index (κ3) is 5.65. The highest BCUT2D eigenvalue weighted by atomic mass is 32.2. The lowest BCUT2D eigenvalue weighted by molar-refractivity contribution is -0.114. The molecule has 3 aromatic rings. The molecule has 1 heterocycles. The molecule has 0 radical (unpaired) electrons. The van der Waals surface area contributed by atoms with Gasteiger partial charge in [0.05, 0.1) is 11.4 Å². The molecule has 142 valence electrons. The Kier molecular flexibility index (Phi) is 6.39. The van der Waals surface area contributed by atoms with Crippen molar-refractivity contribution in [2.75, 3.05) is 16.4 Å². The molecule has 0 spiro atoms. The second-order valence-electron chi connectivity index (χ2n) is 6.22. The van der Waals surface area contributed by atoms with Gasteiger partial charge in [-0.25, -0.2) is 0 Å². The molecule has 2 aromatic carbocycles. The largest absolute Gasteiger partial charge is 0.326 e. The number of aryl methyl sites for hydroxylation is 1. The van der Waals surface area contributed by atoms with Crippen LogP contribution in [0, 0.1) is 6.92 Å². The molecule has 0 bridgehead atoms. The number of amides is 2. The van der Waals surface area contributed by atoms with E-state index in [9.17, 15) is 9.59 Å². The van der Waals surface area contributed by atoms with Crippen molar-refractivity contribution in [1.29, 1.82) is 0 Å². The summed E-state index contributed by atoms with van der Waals surface area (Å²) in [5, 5.41) is 14.6. The second-order valence-corrected chi connectivity index (χ2v) is 7.21. The SMILES string of the molecule is CC(=O)Nc1ccc(NC(=O)CSc2ccc(-c3ccc(C)cc3)nn2)cc1. The molecule has 2 N–H and O–H groups in total. The number of hydrogen-bond donors (Lipinski definition) is 2. The summed E-state index contributed by atoms with van der Waals surface area (Å²) in [5.74, 6) is -0.0455. The minimum atomic E-state index is -0.137. The maximum Gasteiger partial charge on any atom is 0.234 e. The molecule has 3 rings (SSSR count). The summed E-state index contributed by atoms with van der Waals surface area (Å²) in [6, 6.07) is 18.8. The molecule has 1 aromatic heterocycles. The fourth-order valence-corrected chi connectivity index (χ4v) is 3.07. The number of anilines is 2. The van der Waals surface area contributed by atoms with Gasteiger partial charge in [0.2, 0.25) is 11.8 Å². The molecule has 28 heavy (non-hydrogen) atoms. The third-order valence-electron chi connectivity index (χ3n) is 3.83. The highest BCUT2D eigenvalue weighted by Gasteiger charge is 2.07. The molecule has 2 amide bonds. The van der Waals surface area contributed by atoms with Gasteiger partial charge in [0.25, 0.3) is 0 Å². The van der Waals surface area contributed by atoms with Gasteiger partial charge < -0.3 is 10.6 Å². The Balaban J connectivity index is 1.51. The van der Waals surface area contributed by atoms with E-state index in [4.69, 9.17) is 0 Å². The smallest absolute Gasteiger partial charge is 0.234 e. The van der Waals surface area contributed by atoms with Crippen LogP contribution in [-0.4, -0.2) is 27.8 Å². The molecule has 0 aliphatic rings. The predicted octanol–water partition coefficient (Wildman–Crippen LogP) is 4.14. The van der Waals surface area contributed by atoms with Crippen molar-refractivity contribution < 1.29 is 9.59 Å². The molecule has 0 saturated heterocycles. The van der Waals surface area contributed by atoms with Gasteiger partial charge in [-0.3, -0.25) is 9.59 Å². The van der Waals surface area contributed by atoms with Gasteiger partial charge in [0, 0.05) is 23.9 Å². The number of benzene rings is 2. The van der Waals surface area contributed by atoms with Crippen molar-refractivity contribution in [2.24, 2.45) is 0 Å². The molecule has 0 aliphatic heterocycles. The Bertz CT molecular complexity index is 955. The van der Waals surface area contributed by atoms with E-state index in [2.05, 4.69) is 20.8 Å². The topological polar surface area (TPSA) is 84.0 Å². The number of aromatic nitrogens is 2. The van der Waals surface area contributed by atoms with Crippen LogP contribution in [0.2, 0.25) is 0 Å². The van der Waals surface area contributed by atoms with Crippen LogP contribution in [0.5, 0.6) is 0 Å². The van der Waals surface area contributed by atoms with Gasteiger partial charge in [-0.05, 0) is 43.3 Å². The maximum atomic E-state index is 12.1. The maximum absolute atomic E-state index is 12.1. The van der Waals surface area contributed by atoms with Gasteiger partial charge in [-0.1, -0.05) is 41.6 Å². The summed E-state index contributed by atoms with van der Waals surface area (Å²) in [7, 11) is 0. The zero-order chi connectivity index (χ0) is 19.9. The van der Waals surface area contributed by atoms with Crippen LogP contribution in [0.1, 0.15) is 12.5 Å². The van der Waals surface area contributed by atoms with Crippen molar-refractivity contribution in [3.05, 3.63) is 66.2 Å². The zero-order valence-corrected chi connectivity index (χ0v) is 16.4. The van der Waals surface area contributed by atoms with Crippen LogP contribution in [0.25, 0.3) is 11.3 Å². The first-order valence-electron chi connectivity index (χ1n) is 8.71. The van der Waals surface area contributed by atoms with Gasteiger partial charge in [-0.2, -0.15) is 0 Å². The Morgan fingerprint density at radius 1 is 0.857 bits per heavy atom. The molecular weight excluding hydrogens is 372 g/mol. The average molecular weight is 392 g/mol. The van der Waals surface area contributed by atoms with E-state index < -0.39 is 0 Å². The summed E-state index contributed by atoms with van der Waals surface area (Å²) < 4.78 is 0. The Morgan fingerprint density at radius 3 is 2.07 bits per heavy atom. The fourth-order valence-electron chi connectivity index (χ4n) is 2.45. The Hall–Kier alpha value is -3.19.